The second-order valence-corrected chi connectivity index (χ2v) is 7.84. The molecule has 0 atom stereocenters. The molecule has 0 fully saturated rings. The molecule has 1 aliphatic heterocycles. The van der Waals surface area contributed by atoms with E-state index in [0.29, 0.717) is 22.5 Å². The molecule has 157 valence electrons. The van der Waals surface area contributed by atoms with Crippen LogP contribution in [0.5, 0.6) is 0 Å². The summed E-state index contributed by atoms with van der Waals surface area (Å²) < 4.78 is 45.5. The second kappa shape index (κ2) is 8.22. The summed E-state index contributed by atoms with van der Waals surface area (Å²) in [4.78, 5) is 16.0. The number of carbonyl (C=O) groups excluding carboxylic acids is 1. The van der Waals surface area contributed by atoms with E-state index < -0.39 is 17.7 Å². The fourth-order valence-electron chi connectivity index (χ4n) is 3.03. The van der Waals surface area contributed by atoms with Gasteiger partial charge < -0.3 is 4.74 Å². The lowest BCUT2D eigenvalue weighted by Crippen LogP contribution is -2.35. The Balaban J connectivity index is 1.80. The number of hydrogen-bond acceptors (Lipinski definition) is 4. The molecule has 0 saturated heterocycles. The summed E-state index contributed by atoms with van der Waals surface area (Å²) in [5.41, 5.74) is 5.93. The molecule has 4 rings (SSSR count). The van der Waals surface area contributed by atoms with Gasteiger partial charge in [-0.15, -0.1) is 5.43 Å². The minimum absolute atomic E-state index is 0.149. The molecule has 1 radical (unpaired) electrons. The number of carbonyl (C=O) groups is 1. The number of alkyl halides is 3. The van der Waals surface area contributed by atoms with E-state index in [0.717, 1.165) is 15.7 Å². The van der Waals surface area contributed by atoms with Crippen LogP contribution >= 0.6 is 22.6 Å². The minimum atomic E-state index is -4.49. The number of benzene rings is 3. The van der Waals surface area contributed by atoms with E-state index >= 15 is 0 Å². The Kier molecular flexibility index (Phi) is 5.61. The molecule has 1 heterocycles. The first-order valence-electron chi connectivity index (χ1n) is 9.02. The van der Waals surface area contributed by atoms with Crippen molar-refractivity contribution in [3.05, 3.63) is 87.0 Å². The summed E-state index contributed by atoms with van der Waals surface area (Å²) >= 11 is 2.17. The lowest BCUT2D eigenvalue weighted by atomic mass is 10.1. The van der Waals surface area contributed by atoms with E-state index in [2.05, 4.69) is 37.7 Å². The average molecular weight is 536 g/mol. The predicted molar refractivity (Wildman–Crippen MR) is 119 cm³/mol. The van der Waals surface area contributed by atoms with Crippen LogP contribution in [0.25, 0.3) is 0 Å². The van der Waals surface area contributed by atoms with Crippen molar-refractivity contribution in [2.24, 2.45) is 4.99 Å². The molecule has 0 amide bonds. The number of fused-ring (bicyclic) bond motifs is 1. The summed E-state index contributed by atoms with van der Waals surface area (Å²) in [6.45, 7) is 0. The SMILES string of the molecule is COC(=O)c1ccc(C2=Nc3cc(C(F)(F)F)ccc3N(c3ccc(I)cc3)[N]2)cc1. The smallest absolute Gasteiger partial charge is 0.416 e. The van der Waals surface area contributed by atoms with Crippen molar-refractivity contribution in [2.45, 2.75) is 6.18 Å². The second-order valence-electron chi connectivity index (χ2n) is 6.59. The maximum absolute atomic E-state index is 13.3. The van der Waals surface area contributed by atoms with Crippen LogP contribution in [0.2, 0.25) is 0 Å². The van der Waals surface area contributed by atoms with Crippen molar-refractivity contribution in [3.63, 3.8) is 0 Å². The monoisotopic (exact) mass is 536 g/mol. The van der Waals surface area contributed by atoms with Gasteiger partial charge in [0.05, 0.1) is 35.3 Å². The third-order valence-corrected chi connectivity index (χ3v) is 5.31. The molecular formula is C22H14F3IN3O2. The summed E-state index contributed by atoms with van der Waals surface area (Å²) in [5, 5.41) is 1.56. The van der Waals surface area contributed by atoms with Gasteiger partial charge in [0.25, 0.3) is 0 Å². The molecule has 0 saturated carbocycles. The van der Waals surface area contributed by atoms with Gasteiger partial charge in [-0.05, 0) is 77.2 Å². The molecule has 1 aliphatic rings. The number of aliphatic imine (C=N–C) groups is 1. The number of hydrogen-bond donors (Lipinski definition) is 0. The number of nitrogens with zero attached hydrogens (tertiary/aromatic N) is 3. The number of ether oxygens (including phenoxy) is 1. The summed E-state index contributed by atoms with van der Waals surface area (Å²) in [7, 11) is 1.28. The van der Waals surface area contributed by atoms with E-state index in [9.17, 15) is 18.0 Å². The molecule has 9 heteroatoms. The van der Waals surface area contributed by atoms with Gasteiger partial charge in [-0.2, -0.15) is 13.2 Å². The van der Waals surface area contributed by atoms with Gasteiger partial charge in [0.2, 0.25) is 0 Å². The third-order valence-electron chi connectivity index (χ3n) is 4.59. The molecule has 5 nitrogen and oxygen atoms in total. The van der Waals surface area contributed by atoms with E-state index in [1.165, 1.54) is 13.2 Å². The molecule has 0 unspecified atom stereocenters. The quantitative estimate of drug-likeness (QED) is 0.312. The third kappa shape index (κ3) is 4.36. The zero-order valence-electron chi connectivity index (χ0n) is 16.0. The van der Waals surface area contributed by atoms with Gasteiger partial charge in [0.15, 0.2) is 5.84 Å². The van der Waals surface area contributed by atoms with Crippen LogP contribution in [0.15, 0.2) is 71.7 Å². The van der Waals surface area contributed by atoms with Crippen LogP contribution in [0, 0.1) is 3.57 Å². The maximum atomic E-state index is 13.3. The Hall–Kier alpha value is -3.08. The normalized spacial score (nSPS) is 13.2. The molecule has 0 aromatic heterocycles. The number of anilines is 2. The first kappa shape index (κ1) is 21.2. The highest BCUT2D eigenvalue weighted by atomic mass is 127. The van der Waals surface area contributed by atoms with E-state index in [1.807, 2.05) is 24.3 Å². The van der Waals surface area contributed by atoms with Gasteiger partial charge in [-0.3, -0.25) is 0 Å². The number of methoxy groups -OCH3 is 1. The number of halogens is 4. The molecule has 3 aromatic carbocycles. The minimum Gasteiger partial charge on any atom is -0.465 e. The van der Waals surface area contributed by atoms with Gasteiger partial charge in [0, 0.05) is 9.13 Å². The van der Waals surface area contributed by atoms with Crippen molar-refractivity contribution in [1.29, 1.82) is 0 Å². The Labute approximate surface area is 189 Å². The molecule has 0 bridgehead atoms. The lowest BCUT2D eigenvalue weighted by molar-refractivity contribution is -0.137. The van der Waals surface area contributed by atoms with Crippen molar-refractivity contribution in [3.8, 4) is 0 Å². The highest BCUT2D eigenvalue weighted by molar-refractivity contribution is 14.1. The first-order chi connectivity index (χ1) is 14.8. The topological polar surface area (TPSA) is 56.0 Å². The van der Waals surface area contributed by atoms with Gasteiger partial charge >= 0.3 is 12.1 Å². The molecule has 0 aliphatic carbocycles. The van der Waals surface area contributed by atoms with E-state index in [4.69, 9.17) is 0 Å². The highest BCUT2D eigenvalue weighted by Crippen LogP contribution is 2.41. The molecule has 0 N–H and O–H groups in total. The molecule has 3 aromatic rings. The maximum Gasteiger partial charge on any atom is 0.416 e. The van der Waals surface area contributed by atoms with Crippen LogP contribution in [0.4, 0.5) is 30.2 Å². The Bertz CT molecular complexity index is 1160. The number of esters is 1. The zero-order valence-corrected chi connectivity index (χ0v) is 18.2. The Morgan fingerprint density at radius 2 is 1.68 bits per heavy atom. The molecular weight excluding hydrogens is 522 g/mol. The fraction of sp³-hybridized carbons (Fsp3) is 0.0909. The van der Waals surface area contributed by atoms with Crippen molar-refractivity contribution < 1.29 is 22.7 Å². The number of rotatable bonds is 3. The van der Waals surface area contributed by atoms with Crippen molar-refractivity contribution in [1.82, 2.24) is 5.43 Å². The fourth-order valence-corrected chi connectivity index (χ4v) is 3.39. The highest BCUT2D eigenvalue weighted by Gasteiger charge is 2.33. The van der Waals surface area contributed by atoms with Crippen molar-refractivity contribution >= 4 is 51.5 Å². The largest absolute Gasteiger partial charge is 0.465 e. The van der Waals surface area contributed by atoms with Crippen LogP contribution in [-0.2, 0) is 10.9 Å². The predicted octanol–water partition coefficient (Wildman–Crippen LogP) is 5.85. The standard InChI is InChI=1S/C22H14F3IN3O2/c1-31-21(30)14-4-2-13(3-5-14)20-27-18-12-15(22(23,24)25)6-11-19(18)29(28-20)17-9-7-16(26)8-10-17/h2-12H,1H3. The molecule has 31 heavy (non-hydrogen) atoms. The van der Waals surface area contributed by atoms with Crippen LogP contribution in [-0.4, -0.2) is 18.9 Å². The molecule has 0 spiro atoms. The summed E-state index contributed by atoms with van der Waals surface area (Å²) in [6.07, 6.45) is -4.49. The zero-order chi connectivity index (χ0) is 22.2. The van der Waals surface area contributed by atoms with Crippen LogP contribution < -0.4 is 10.4 Å². The average Bonchev–Trinajstić information content (AvgIpc) is 2.77. The summed E-state index contributed by atoms with van der Waals surface area (Å²) in [5.74, 6) is -0.267. The van der Waals surface area contributed by atoms with Crippen molar-refractivity contribution in [2.75, 3.05) is 12.1 Å². The van der Waals surface area contributed by atoms with Crippen LogP contribution in [0.3, 0.4) is 0 Å². The van der Waals surface area contributed by atoms with Gasteiger partial charge in [-0.1, -0.05) is 12.1 Å². The van der Waals surface area contributed by atoms with E-state index in [-0.39, 0.29) is 11.5 Å². The summed E-state index contributed by atoms with van der Waals surface area (Å²) in [6, 6.07) is 17.2. The lowest BCUT2D eigenvalue weighted by Gasteiger charge is -2.29. The first-order valence-corrected chi connectivity index (χ1v) is 10.1. The van der Waals surface area contributed by atoms with Gasteiger partial charge in [-0.25, -0.2) is 14.8 Å². The Morgan fingerprint density at radius 3 is 2.29 bits per heavy atom. The van der Waals surface area contributed by atoms with Crippen LogP contribution in [0.1, 0.15) is 21.5 Å². The van der Waals surface area contributed by atoms with E-state index in [1.54, 1.807) is 29.3 Å². The van der Waals surface area contributed by atoms with Gasteiger partial charge in [0.1, 0.15) is 0 Å². The number of amidine groups is 1. The Morgan fingerprint density at radius 1 is 1.00 bits per heavy atom.